The molecule has 1 amide bonds. The number of aryl methyl sites for hydroxylation is 1. The molecule has 128 valence electrons. The van der Waals surface area contributed by atoms with Gasteiger partial charge in [0.05, 0.1) is 18.1 Å². The van der Waals surface area contributed by atoms with Crippen molar-refractivity contribution in [1.29, 1.82) is 0 Å². The van der Waals surface area contributed by atoms with Crippen molar-refractivity contribution in [3.05, 3.63) is 41.7 Å². The van der Waals surface area contributed by atoms with Gasteiger partial charge in [-0.1, -0.05) is 5.16 Å². The predicted molar refractivity (Wildman–Crippen MR) is 85.2 cm³/mol. The van der Waals surface area contributed by atoms with Gasteiger partial charge < -0.3 is 14.2 Å². The van der Waals surface area contributed by atoms with Gasteiger partial charge in [-0.25, -0.2) is 8.42 Å². The van der Waals surface area contributed by atoms with E-state index in [0.717, 1.165) is 0 Å². The molecule has 24 heavy (non-hydrogen) atoms. The molecule has 8 nitrogen and oxygen atoms in total. The van der Waals surface area contributed by atoms with Gasteiger partial charge in [0.2, 0.25) is 0 Å². The van der Waals surface area contributed by atoms with Crippen LogP contribution in [0.2, 0.25) is 0 Å². The molecule has 1 aliphatic heterocycles. The molecule has 3 rings (SSSR count). The van der Waals surface area contributed by atoms with E-state index < -0.39 is 10.0 Å². The van der Waals surface area contributed by atoms with E-state index >= 15 is 0 Å². The first-order valence-corrected chi connectivity index (χ1v) is 8.87. The molecule has 1 fully saturated rings. The minimum absolute atomic E-state index is 0.0432. The van der Waals surface area contributed by atoms with E-state index in [1.807, 2.05) is 0 Å². The molecule has 0 radical (unpaired) electrons. The van der Waals surface area contributed by atoms with Gasteiger partial charge in [0.15, 0.2) is 5.82 Å². The Morgan fingerprint density at radius 1 is 1.21 bits per heavy atom. The minimum Gasteiger partial charge on any atom is -0.378 e. The van der Waals surface area contributed by atoms with Gasteiger partial charge in [0.25, 0.3) is 15.9 Å². The molecule has 2 aromatic rings. The smallest absolute Gasteiger partial charge is 0.263 e. The summed E-state index contributed by atoms with van der Waals surface area (Å²) in [6.45, 7) is 3.76. The van der Waals surface area contributed by atoms with Crippen molar-refractivity contribution in [3.8, 4) is 0 Å². The van der Waals surface area contributed by atoms with E-state index in [-0.39, 0.29) is 16.6 Å². The van der Waals surface area contributed by atoms with Crippen molar-refractivity contribution in [2.45, 2.75) is 11.8 Å². The standard InChI is InChI=1S/C15H17N3O5S/c1-11-10-14(16-23-11)17-24(20,21)13-4-2-12(3-5-13)15(19)18-6-8-22-9-7-18/h2-5,10H,6-9H2,1H3,(H,16,17). The second-order valence-corrected chi connectivity index (χ2v) is 7.04. The molecular weight excluding hydrogens is 334 g/mol. The topological polar surface area (TPSA) is 102 Å². The van der Waals surface area contributed by atoms with Crippen LogP contribution in [-0.2, 0) is 14.8 Å². The summed E-state index contributed by atoms with van der Waals surface area (Å²) in [4.78, 5) is 14.1. The molecule has 0 saturated carbocycles. The molecule has 2 heterocycles. The summed E-state index contributed by atoms with van der Waals surface area (Å²) in [5.74, 6) is 0.474. The fourth-order valence-electron chi connectivity index (χ4n) is 2.34. The molecule has 0 aliphatic carbocycles. The lowest BCUT2D eigenvalue weighted by Crippen LogP contribution is -2.40. The Kier molecular flexibility index (Phi) is 4.54. The first-order valence-electron chi connectivity index (χ1n) is 7.39. The maximum absolute atomic E-state index is 12.3. The van der Waals surface area contributed by atoms with Crippen LogP contribution in [0.1, 0.15) is 16.1 Å². The predicted octanol–water partition coefficient (Wildman–Crippen LogP) is 1.26. The van der Waals surface area contributed by atoms with Gasteiger partial charge in [0.1, 0.15) is 5.76 Å². The number of ether oxygens (including phenoxy) is 1. The summed E-state index contributed by atoms with van der Waals surface area (Å²) in [6.07, 6.45) is 0. The lowest BCUT2D eigenvalue weighted by atomic mass is 10.2. The average Bonchev–Trinajstić information content (AvgIpc) is 2.99. The third-order valence-corrected chi connectivity index (χ3v) is 4.95. The van der Waals surface area contributed by atoms with Crippen LogP contribution in [0.15, 0.2) is 39.8 Å². The lowest BCUT2D eigenvalue weighted by Gasteiger charge is -2.26. The van der Waals surface area contributed by atoms with E-state index in [0.29, 0.717) is 37.6 Å². The number of anilines is 1. The first-order chi connectivity index (χ1) is 11.5. The number of nitrogens with one attached hydrogen (secondary N) is 1. The van der Waals surface area contributed by atoms with Gasteiger partial charge in [-0.15, -0.1) is 0 Å². The Balaban J connectivity index is 1.74. The Morgan fingerprint density at radius 2 is 1.88 bits per heavy atom. The van der Waals surface area contributed by atoms with Crippen LogP contribution >= 0.6 is 0 Å². The lowest BCUT2D eigenvalue weighted by molar-refractivity contribution is 0.0303. The number of nitrogens with zero attached hydrogens (tertiary/aromatic N) is 2. The van der Waals surface area contributed by atoms with Crippen molar-refractivity contribution in [2.24, 2.45) is 0 Å². The molecular formula is C15H17N3O5S. The number of carbonyl (C=O) groups is 1. The zero-order valence-corrected chi connectivity index (χ0v) is 13.9. The quantitative estimate of drug-likeness (QED) is 0.890. The second-order valence-electron chi connectivity index (χ2n) is 5.36. The Morgan fingerprint density at radius 3 is 2.46 bits per heavy atom. The Bertz CT molecular complexity index is 823. The molecule has 1 saturated heterocycles. The highest BCUT2D eigenvalue weighted by Gasteiger charge is 2.20. The summed E-state index contributed by atoms with van der Waals surface area (Å²) < 4.78 is 36.9. The van der Waals surface area contributed by atoms with Crippen LogP contribution in [0, 0.1) is 6.92 Å². The van der Waals surface area contributed by atoms with E-state index in [2.05, 4.69) is 9.88 Å². The van der Waals surface area contributed by atoms with E-state index in [4.69, 9.17) is 9.26 Å². The number of hydrogen-bond donors (Lipinski definition) is 1. The Labute approximate surface area is 139 Å². The molecule has 1 aliphatic rings. The monoisotopic (exact) mass is 351 g/mol. The number of rotatable bonds is 4. The molecule has 0 unspecified atom stereocenters. The summed E-state index contributed by atoms with van der Waals surface area (Å²) in [6, 6.07) is 7.26. The second kappa shape index (κ2) is 6.62. The van der Waals surface area contributed by atoms with E-state index in [1.54, 1.807) is 11.8 Å². The highest BCUT2D eigenvalue weighted by molar-refractivity contribution is 7.92. The number of carbonyl (C=O) groups excluding carboxylic acids is 1. The summed E-state index contributed by atoms with van der Waals surface area (Å²) in [5, 5.41) is 3.60. The number of morpholine rings is 1. The molecule has 1 N–H and O–H groups in total. The van der Waals surface area contributed by atoms with Crippen LogP contribution in [0.4, 0.5) is 5.82 Å². The van der Waals surface area contributed by atoms with Gasteiger partial charge in [0, 0.05) is 24.7 Å². The molecule has 1 aromatic heterocycles. The molecule has 1 aromatic carbocycles. The molecule has 0 bridgehead atoms. The van der Waals surface area contributed by atoms with E-state index in [9.17, 15) is 13.2 Å². The number of hydrogen-bond acceptors (Lipinski definition) is 6. The summed E-state index contributed by atoms with van der Waals surface area (Å²) >= 11 is 0. The first kappa shape index (κ1) is 16.5. The van der Waals surface area contributed by atoms with Crippen molar-refractivity contribution in [3.63, 3.8) is 0 Å². The van der Waals surface area contributed by atoms with Gasteiger partial charge in [-0.2, -0.15) is 0 Å². The number of amides is 1. The van der Waals surface area contributed by atoms with Gasteiger partial charge in [-0.3, -0.25) is 9.52 Å². The van der Waals surface area contributed by atoms with E-state index in [1.165, 1.54) is 30.3 Å². The van der Waals surface area contributed by atoms with Crippen LogP contribution in [0.3, 0.4) is 0 Å². The maximum atomic E-state index is 12.3. The largest absolute Gasteiger partial charge is 0.378 e. The number of sulfonamides is 1. The zero-order chi connectivity index (χ0) is 17.2. The van der Waals surface area contributed by atoms with Crippen molar-refractivity contribution in [1.82, 2.24) is 10.1 Å². The normalized spacial score (nSPS) is 15.3. The fraction of sp³-hybridized carbons (Fsp3) is 0.333. The van der Waals surface area contributed by atoms with Crippen molar-refractivity contribution >= 4 is 21.7 Å². The van der Waals surface area contributed by atoms with Crippen molar-refractivity contribution in [2.75, 3.05) is 31.0 Å². The van der Waals surface area contributed by atoms with Gasteiger partial charge >= 0.3 is 0 Å². The maximum Gasteiger partial charge on any atom is 0.263 e. The molecule has 0 spiro atoms. The highest BCUT2D eigenvalue weighted by atomic mass is 32.2. The van der Waals surface area contributed by atoms with Gasteiger partial charge in [-0.05, 0) is 31.2 Å². The summed E-state index contributed by atoms with van der Waals surface area (Å²) in [7, 11) is -3.78. The minimum atomic E-state index is -3.78. The number of benzene rings is 1. The van der Waals surface area contributed by atoms with Crippen LogP contribution < -0.4 is 4.72 Å². The van der Waals surface area contributed by atoms with Crippen molar-refractivity contribution < 1.29 is 22.5 Å². The van der Waals surface area contributed by atoms with Crippen LogP contribution in [0.5, 0.6) is 0 Å². The molecule has 0 atom stereocenters. The van der Waals surface area contributed by atoms with Crippen LogP contribution in [0.25, 0.3) is 0 Å². The number of aromatic nitrogens is 1. The SMILES string of the molecule is Cc1cc(NS(=O)(=O)c2ccc(C(=O)N3CCOCC3)cc2)no1. The highest BCUT2D eigenvalue weighted by Crippen LogP contribution is 2.17. The third-order valence-electron chi connectivity index (χ3n) is 3.58. The zero-order valence-electron chi connectivity index (χ0n) is 13.1. The molecule has 9 heteroatoms. The third kappa shape index (κ3) is 3.57. The fourth-order valence-corrected chi connectivity index (χ4v) is 3.32. The summed E-state index contributed by atoms with van der Waals surface area (Å²) in [5.41, 5.74) is 0.438. The van der Waals surface area contributed by atoms with Crippen LogP contribution in [-0.4, -0.2) is 50.7 Å². The average molecular weight is 351 g/mol. The Hall–Kier alpha value is -2.39.